The van der Waals surface area contributed by atoms with Crippen LogP contribution >= 0.6 is 23.7 Å². The maximum absolute atomic E-state index is 10.7. The van der Waals surface area contributed by atoms with Crippen molar-refractivity contribution in [3.63, 3.8) is 0 Å². The average molecular weight is 357 g/mol. The number of nitrogens with zero attached hydrogens (tertiary/aromatic N) is 1. The molecule has 1 aromatic heterocycles. The molecule has 0 saturated carbocycles. The Morgan fingerprint density at radius 3 is 2.45 bits per heavy atom. The maximum atomic E-state index is 10.7. The lowest BCUT2D eigenvalue weighted by atomic mass is 10.1. The predicted molar refractivity (Wildman–Crippen MR) is 94.1 cm³/mol. The fourth-order valence-corrected chi connectivity index (χ4v) is 4.10. The molecule has 0 spiro atoms. The van der Waals surface area contributed by atoms with Gasteiger partial charge >= 0.3 is 0 Å². The molecule has 6 heteroatoms. The van der Waals surface area contributed by atoms with Crippen molar-refractivity contribution in [2.45, 2.75) is 25.1 Å². The SMILES string of the molecule is Cl.O=S([O-])Cc1ccc(-c2csc(CN3CCCC3)c2)cc1. The fourth-order valence-electron chi connectivity index (χ4n) is 2.71. The minimum atomic E-state index is -2.02. The third kappa shape index (κ3) is 4.64. The first-order valence-corrected chi connectivity index (χ1v) is 9.28. The summed E-state index contributed by atoms with van der Waals surface area (Å²) in [7, 11) is 0. The first kappa shape index (κ1) is 17.6. The van der Waals surface area contributed by atoms with Crippen LogP contribution in [-0.4, -0.2) is 26.8 Å². The van der Waals surface area contributed by atoms with E-state index in [-0.39, 0.29) is 18.2 Å². The first-order chi connectivity index (χ1) is 10.2. The Balaban J connectivity index is 0.00000176. The molecule has 0 N–H and O–H groups in total. The Kier molecular flexibility index (Phi) is 6.59. The van der Waals surface area contributed by atoms with Crippen LogP contribution in [0.5, 0.6) is 0 Å². The van der Waals surface area contributed by atoms with E-state index in [9.17, 15) is 8.76 Å². The van der Waals surface area contributed by atoms with Crippen LogP contribution in [-0.2, 0) is 23.4 Å². The Bertz CT molecular complexity index is 621. The number of likely N-dealkylation sites (tertiary alicyclic amines) is 1. The topological polar surface area (TPSA) is 43.4 Å². The van der Waals surface area contributed by atoms with Gasteiger partial charge in [0, 0.05) is 17.2 Å². The van der Waals surface area contributed by atoms with Gasteiger partial charge in [0.15, 0.2) is 0 Å². The lowest BCUT2D eigenvalue weighted by Crippen LogP contribution is -2.17. The van der Waals surface area contributed by atoms with Crippen molar-refractivity contribution >= 4 is 34.8 Å². The first-order valence-electron chi connectivity index (χ1n) is 7.16. The van der Waals surface area contributed by atoms with Gasteiger partial charge in [0.25, 0.3) is 0 Å². The van der Waals surface area contributed by atoms with Crippen molar-refractivity contribution in [1.29, 1.82) is 0 Å². The summed E-state index contributed by atoms with van der Waals surface area (Å²) < 4.78 is 21.4. The second kappa shape index (κ2) is 8.22. The molecule has 1 atom stereocenters. The number of hydrogen-bond acceptors (Lipinski definition) is 4. The summed E-state index contributed by atoms with van der Waals surface area (Å²) in [5.74, 6) is 0.0874. The van der Waals surface area contributed by atoms with Gasteiger partial charge in [-0.1, -0.05) is 35.3 Å². The van der Waals surface area contributed by atoms with E-state index in [1.165, 1.54) is 36.4 Å². The van der Waals surface area contributed by atoms with Crippen molar-refractivity contribution in [3.05, 3.63) is 46.2 Å². The summed E-state index contributed by atoms with van der Waals surface area (Å²) >= 11 is -0.214. The molecule has 22 heavy (non-hydrogen) atoms. The molecule has 0 aliphatic carbocycles. The van der Waals surface area contributed by atoms with Gasteiger partial charge in [0.1, 0.15) is 0 Å². The van der Waals surface area contributed by atoms with Gasteiger partial charge in [-0.2, -0.15) is 0 Å². The van der Waals surface area contributed by atoms with Gasteiger partial charge in [-0.25, -0.2) is 0 Å². The van der Waals surface area contributed by atoms with Crippen LogP contribution < -0.4 is 0 Å². The number of benzene rings is 1. The van der Waals surface area contributed by atoms with E-state index in [1.54, 1.807) is 11.3 Å². The van der Waals surface area contributed by atoms with Crippen LogP contribution in [0.4, 0.5) is 0 Å². The molecule has 1 unspecified atom stereocenters. The van der Waals surface area contributed by atoms with Crippen molar-refractivity contribution in [2.24, 2.45) is 0 Å². The standard InChI is InChI=1S/C16H19NO2S2.ClH/c18-21(19)12-13-3-5-14(6-4-13)15-9-16(20-11-15)10-17-7-1-2-8-17;/h3-6,9,11H,1-2,7-8,10,12H2,(H,18,19);1H/p-1. The number of halogens is 1. The molecule has 1 aromatic carbocycles. The molecular formula is C16H19ClNO2S2-. The van der Waals surface area contributed by atoms with E-state index < -0.39 is 11.1 Å². The Morgan fingerprint density at radius 1 is 1.14 bits per heavy atom. The van der Waals surface area contributed by atoms with Crippen LogP contribution in [0.2, 0.25) is 0 Å². The zero-order valence-corrected chi connectivity index (χ0v) is 14.6. The molecule has 120 valence electrons. The van der Waals surface area contributed by atoms with E-state index in [2.05, 4.69) is 16.3 Å². The molecule has 0 radical (unpaired) electrons. The van der Waals surface area contributed by atoms with Crippen LogP contribution in [0.3, 0.4) is 0 Å². The monoisotopic (exact) mass is 356 g/mol. The van der Waals surface area contributed by atoms with Crippen molar-refractivity contribution in [2.75, 3.05) is 13.1 Å². The predicted octanol–water partition coefficient (Wildman–Crippen LogP) is 3.81. The largest absolute Gasteiger partial charge is 0.772 e. The quantitative estimate of drug-likeness (QED) is 0.765. The fraction of sp³-hybridized carbons (Fsp3) is 0.375. The summed E-state index contributed by atoms with van der Waals surface area (Å²) in [6.45, 7) is 3.49. The number of thiophene rings is 1. The molecule has 2 aromatic rings. The van der Waals surface area contributed by atoms with E-state index in [4.69, 9.17) is 0 Å². The molecule has 3 rings (SSSR count). The highest BCUT2D eigenvalue weighted by atomic mass is 35.5. The summed E-state index contributed by atoms with van der Waals surface area (Å²) in [4.78, 5) is 3.90. The Labute approximate surface area is 144 Å². The summed E-state index contributed by atoms with van der Waals surface area (Å²) in [5.41, 5.74) is 3.21. The highest BCUT2D eigenvalue weighted by molar-refractivity contribution is 7.78. The van der Waals surface area contributed by atoms with E-state index in [0.29, 0.717) is 0 Å². The lowest BCUT2D eigenvalue weighted by Gasteiger charge is -2.12. The zero-order valence-electron chi connectivity index (χ0n) is 12.2. The summed E-state index contributed by atoms with van der Waals surface area (Å²) in [5, 5.41) is 2.19. The van der Waals surface area contributed by atoms with Crippen LogP contribution in [0.15, 0.2) is 35.7 Å². The van der Waals surface area contributed by atoms with E-state index >= 15 is 0 Å². The number of rotatable bonds is 5. The van der Waals surface area contributed by atoms with Gasteiger partial charge in [-0.15, -0.1) is 23.7 Å². The molecule has 0 bridgehead atoms. The molecule has 1 saturated heterocycles. The zero-order chi connectivity index (χ0) is 14.7. The van der Waals surface area contributed by atoms with Gasteiger partial charge in [-0.05, 0) is 54.1 Å². The minimum absolute atomic E-state index is 0. The maximum Gasteiger partial charge on any atom is 0.0353 e. The highest BCUT2D eigenvalue weighted by Gasteiger charge is 2.13. The highest BCUT2D eigenvalue weighted by Crippen LogP contribution is 2.27. The summed E-state index contributed by atoms with van der Waals surface area (Å²) in [6, 6.07) is 10.0. The third-order valence-electron chi connectivity index (χ3n) is 3.80. The third-order valence-corrected chi connectivity index (χ3v) is 5.29. The molecule has 0 amide bonds. The van der Waals surface area contributed by atoms with Crippen molar-refractivity contribution in [1.82, 2.24) is 4.90 Å². The average Bonchev–Trinajstić information content (AvgIpc) is 3.11. The minimum Gasteiger partial charge on any atom is -0.772 e. The van der Waals surface area contributed by atoms with Gasteiger partial charge in [-0.3, -0.25) is 9.11 Å². The number of hydrogen-bond donors (Lipinski definition) is 0. The van der Waals surface area contributed by atoms with E-state index in [0.717, 1.165) is 17.7 Å². The molecule has 1 aliphatic heterocycles. The van der Waals surface area contributed by atoms with E-state index in [1.807, 2.05) is 24.3 Å². The van der Waals surface area contributed by atoms with Crippen LogP contribution in [0.25, 0.3) is 11.1 Å². The normalized spacial score (nSPS) is 16.4. The molecular weight excluding hydrogens is 338 g/mol. The molecule has 1 fully saturated rings. The second-order valence-electron chi connectivity index (χ2n) is 5.43. The Hall–Kier alpha value is -0.720. The van der Waals surface area contributed by atoms with Crippen LogP contribution in [0, 0.1) is 0 Å². The van der Waals surface area contributed by atoms with Crippen LogP contribution in [0.1, 0.15) is 23.3 Å². The Morgan fingerprint density at radius 2 is 1.82 bits per heavy atom. The molecule has 3 nitrogen and oxygen atoms in total. The van der Waals surface area contributed by atoms with Crippen molar-refractivity contribution < 1.29 is 8.76 Å². The summed E-state index contributed by atoms with van der Waals surface area (Å²) in [6.07, 6.45) is 2.64. The van der Waals surface area contributed by atoms with Gasteiger partial charge < -0.3 is 4.55 Å². The van der Waals surface area contributed by atoms with Crippen molar-refractivity contribution in [3.8, 4) is 11.1 Å². The molecule has 1 aliphatic rings. The second-order valence-corrected chi connectivity index (χ2v) is 7.32. The smallest absolute Gasteiger partial charge is 0.0353 e. The van der Waals surface area contributed by atoms with Gasteiger partial charge in [0.2, 0.25) is 0 Å². The van der Waals surface area contributed by atoms with Gasteiger partial charge in [0.05, 0.1) is 0 Å². The lowest BCUT2D eigenvalue weighted by molar-refractivity contribution is 0.334. The molecule has 2 heterocycles.